The van der Waals surface area contributed by atoms with Crippen LogP contribution in [0.1, 0.15) is 27.2 Å². The number of nitrogens with zero attached hydrogens (tertiary/aromatic N) is 4. The third-order valence-corrected chi connectivity index (χ3v) is 4.67. The van der Waals surface area contributed by atoms with E-state index in [0.717, 1.165) is 49.0 Å². The fourth-order valence-electron chi connectivity index (χ4n) is 3.24. The third-order valence-electron chi connectivity index (χ3n) is 4.67. The molecule has 2 aromatic rings. The van der Waals surface area contributed by atoms with Gasteiger partial charge in [0.2, 0.25) is 5.91 Å². The zero-order valence-corrected chi connectivity index (χ0v) is 16.6. The lowest BCUT2D eigenvalue weighted by atomic mass is 9.91. The van der Waals surface area contributed by atoms with Crippen LogP contribution in [0.4, 0.5) is 5.82 Å². The summed E-state index contributed by atoms with van der Waals surface area (Å²) in [7, 11) is 1.65. The van der Waals surface area contributed by atoms with Crippen LogP contribution in [-0.4, -0.2) is 54.3 Å². The van der Waals surface area contributed by atoms with Gasteiger partial charge in [-0.05, 0) is 29.7 Å². The van der Waals surface area contributed by atoms with Gasteiger partial charge in [0, 0.05) is 38.2 Å². The number of methoxy groups -OCH3 is 1. The standard InChI is InChI=1S/C21H28N4O2/c1-21(2,3)15-20(26)25-13-11-24(12-14-25)19-10-9-17(22-23-19)16-7-5-6-8-18(16)27-4/h5-10H,11-15H2,1-4H3. The number of benzene rings is 1. The van der Waals surface area contributed by atoms with Gasteiger partial charge in [-0.15, -0.1) is 10.2 Å². The fraction of sp³-hybridized carbons (Fsp3) is 0.476. The molecule has 1 aliphatic rings. The quantitative estimate of drug-likeness (QED) is 0.829. The summed E-state index contributed by atoms with van der Waals surface area (Å²) in [6, 6.07) is 11.7. The smallest absolute Gasteiger partial charge is 0.223 e. The van der Waals surface area contributed by atoms with Crippen LogP contribution in [0, 0.1) is 5.41 Å². The highest BCUT2D eigenvalue weighted by Crippen LogP contribution is 2.28. The minimum absolute atomic E-state index is 0.0218. The summed E-state index contributed by atoms with van der Waals surface area (Å²) in [6.45, 7) is 9.30. The van der Waals surface area contributed by atoms with Crippen LogP contribution < -0.4 is 9.64 Å². The van der Waals surface area contributed by atoms with Crippen molar-refractivity contribution in [3.05, 3.63) is 36.4 Å². The second-order valence-electron chi connectivity index (χ2n) is 8.08. The number of ether oxygens (including phenoxy) is 1. The molecule has 0 radical (unpaired) electrons. The van der Waals surface area contributed by atoms with Crippen LogP contribution in [0.15, 0.2) is 36.4 Å². The van der Waals surface area contributed by atoms with Gasteiger partial charge >= 0.3 is 0 Å². The van der Waals surface area contributed by atoms with Gasteiger partial charge in [0.25, 0.3) is 0 Å². The van der Waals surface area contributed by atoms with E-state index in [0.29, 0.717) is 6.42 Å². The Kier molecular flexibility index (Phi) is 5.63. The molecule has 0 saturated carbocycles. The largest absolute Gasteiger partial charge is 0.496 e. The lowest BCUT2D eigenvalue weighted by Gasteiger charge is -2.36. The van der Waals surface area contributed by atoms with Crippen LogP contribution in [0.2, 0.25) is 0 Å². The van der Waals surface area contributed by atoms with E-state index in [2.05, 4.69) is 35.9 Å². The Labute approximate surface area is 161 Å². The number of hydrogen-bond donors (Lipinski definition) is 0. The Bertz CT molecular complexity index is 776. The average Bonchev–Trinajstić information content (AvgIpc) is 2.67. The molecule has 1 aliphatic heterocycles. The van der Waals surface area contributed by atoms with Gasteiger partial charge in [0.05, 0.1) is 12.8 Å². The predicted octanol–water partition coefficient (Wildman–Crippen LogP) is 3.24. The number of anilines is 1. The van der Waals surface area contributed by atoms with Crippen molar-refractivity contribution in [3.63, 3.8) is 0 Å². The predicted molar refractivity (Wildman–Crippen MR) is 107 cm³/mol. The second-order valence-corrected chi connectivity index (χ2v) is 8.08. The Morgan fingerprint density at radius 1 is 1.04 bits per heavy atom. The van der Waals surface area contributed by atoms with Crippen molar-refractivity contribution in [1.29, 1.82) is 0 Å². The number of amides is 1. The first-order valence-corrected chi connectivity index (χ1v) is 9.37. The van der Waals surface area contributed by atoms with Gasteiger partial charge in [-0.25, -0.2) is 0 Å². The normalized spacial score (nSPS) is 15.0. The third kappa shape index (κ3) is 4.76. The van der Waals surface area contributed by atoms with Gasteiger partial charge in [-0.3, -0.25) is 4.79 Å². The highest BCUT2D eigenvalue weighted by atomic mass is 16.5. The first kappa shape index (κ1) is 19.1. The van der Waals surface area contributed by atoms with Crippen molar-refractivity contribution in [3.8, 4) is 17.0 Å². The van der Waals surface area contributed by atoms with Gasteiger partial charge < -0.3 is 14.5 Å². The topological polar surface area (TPSA) is 58.6 Å². The average molecular weight is 368 g/mol. The molecule has 0 bridgehead atoms. The highest BCUT2D eigenvalue weighted by Gasteiger charge is 2.25. The van der Waals surface area contributed by atoms with Gasteiger partial charge in [0.15, 0.2) is 5.82 Å². The molecule has 27 heavy (non-hydrogen) atoms. The Morgan fingerprint density at radius 2 is 1.74 bits per heavy atom. The van der Waals surface area contributed by atoms with E-state index in [9.17, 15) is 4.79 Å². The second kappa shape index (κ2) is 7.94. The number of aromatic nitrogens is 2. The van der Waals surface area contributed by atoms with E-state index in [4.69, 9.17) is 4.74 Å². The summed E-state index contributed by atoms with van der Waals surface area (Å²) < 4.78 is 5.40. The molecule has 0 atom stereocenters. The Hall–Kier alpha value is -2.63. The molecule has 0 spiro atoms. The summed E-state index contributed by atoms with van der Waals surface area (Å²) in [5, 5.41) is 8.78. The SMILES string of the molecule is COc1ccccc1-c1ccc(N2CCN(C(=O)CC(C)(C)C)CC2)nn1. The molecular formula is C21H28N4O2. The molecule has 1 amide bonds. The minimum atomic E-state index is 0.0218. The molecule has 1 fully saturated rings. The van der Waals surface area contributed by atoms with Crippen LogP contribution in [0.5, 0.6) is 5.75 Å². The van der Waals surface area contributed by atoms with Crippen LogP contribution in [0.25, 0.3) is 11.3 Å². The van der Waals surface area contributed by atoms with Crippen molar-refractivity contribution >= 4 is 11.7 Å². The van der Waals surface area contributed by atoms with Crippen molar-refractivity contribution in [2.75, 3.05) is 38.2 Å². The molecule has 1 saturated heterocycles. The monoisotopic (exact) mass is 368 g/mol. The molecule has 0 N–H and O–H groups in total. The van der Waals surface area contributed by atoms with E-state index >= 15 is 0 Å². The summed E-state index contributed by atoms with van der Waals surface area (Å²) in [4.78, 5) is 16.5. The zero-order chi connectivity index (χ0) is 19.4. The van der Waals surface area contributed by atoms with Crippen LogP contribution in [-0.2, 0) is 4.79 Å². The number of carbonyl (C=O) groups is 1. The maximum absolute atomic E-state index is 12.4. The number of carbonyl (C=O) groups excluding carboxylic acids is 1. The summed E-state index contributed by atoms with van der Waals surface area (Å²) in [6.07, 6.45) is 0.584. The first-order chi connectivity index (χ1) is 12.9. The zero-order valence-electron chi connectivity index (χ0n) is 16.6. The number of rotatable bonds is 4. The molecule has 2 heterocycles. The molecule has 6 nitrogen and oxygen atoms in total. The van der Waals surface area contributed by atoms with E-state index in [-0.39, 0.29) is 11.3 Å². The lowest BCUT2D eigenvalue weighted by molar-refractivity contribution is -0.133. The molecule has 1 aromatic carbocycles. The van der Waals surface area contributed by atoms with Crippen molar-refractivity contribution < 1.29 is 9.53 Å². The van der Waals surface area contributed by atoms with Crippen molar-refractivity contribution in [1.82, 2.24) is 15.1 Å². The summed E-state index contributed by atoms with van der Waals surface area (Å²) in [5.41, 5.74) is 1.74. The van der Waals surface area contributed by atoms with Crippen molar-refractivity contribution in [2.24, 2.45) is 5.41 Å². The fourth-order valence-corrected chi connectivity index (χ4v) is 3.24. The van der Waals surface area contributed by atoms with Crippen molar-refractivity contribution in [2.45, 2.75) is 27.2 Å². The molecule has 3 rings (SSSR count). The van der Waals surface area contributed by atoms with Crippen LogP contribution in [0.3, 0.4) is 0 Å². The number of hydrogen-bond acceptors (Lipinski definition) is 5. The maximum atomic E-state index is 12.4. The van der Waals surface area contributed by atoms with Gasteiger partial charge in [-0.1, -0.05) is 32.9 Å². The van der Waals surface area contributed by atoms with Crippen LogP contribution >= 0.6 is 0 Å². The summed E-state index contributed by atoms with van der Waals surface area (Å²) >= 11 is 0. The molecule has 0 aliphatic carbocycles. The highest BCUT2D eigenvalue weighted by molar-refractivity contribution is 5.77. The van der Waals surface area contributed by atoms with E-state index in [1.807, 2.05) is 41.3 Å². The first-order valence-electron chi connectivity index (χ1n) is 9.37. The minimum Gasteiger partial charge on any atom is -0.496 e. The molecule has 0 unspecified atom stereocenters. The Balaban J connectivity index is 1.63. The Morgan fingerprint density at radius 3 is 2.33 bits per heavy atom. The van der Waals surface area contributed by atoms with Gasteiger partial charge in [-0.2, -0.15) is 0 Å². The number of para-hydroxylation sites is 1. The van der Waals surface area contributed by atoms with E-state index in [1.165, 1.54) is 0 Å². The van der Waals surface area contributed by atoms with E-state index in [1.54, 1.807) is 7.11 Å². The van der Waals surface area contributed by atoms with Gasteiger partial charge in [0.1, 0.15) is 5.75 Å². The maximum Gasteiger partial charge on any atom is 0.223 e. The molecular weight excluding hydrogens is 340 g/mol. The number of piperazine rings is 1. The lowest BCUT2D eigenvalue weighted by Crippen LogP contribution is -2.49. The van der Waals surface area contributed by atoms with E-state index < -0.39 is 0 Å². The molecule has 1 aromatic heterocycles. The molecule has 6 heteroatoms. The summed E-state index contributed by atoms with van der Waals surface area (Å²) in [5.74, 6) is 1.86. The molecule has 144 valence electrons.